The summed E-state index contributed by atoms with van der Waals surface area (Å²) in [6.07, 6.45) is 83.5. The van der Waals surface area contributed by atoms with Crippen LogP contribution < -0.4 is 0 Å². The zero-order valence-electron chi connectivity index (χ0n) is 53.7. The van der Waals surface area contributed by atoms with Crippen molar-refractivity contribution in [3.63, 3.8) is 0 Å². The van der Waals surface area contributed by atoms with Gasteiger partial charge in [0.1, 0.15) is 13.2 Å². The van der Waals surface area contributed by atoms with Gasteiger partial charge in [-0.05, 0) is 70.6 Å². The van der Waals surface area contributed by atoms with Gasteiger partial charge in [0.25, 0.3) is 0 Å². The van der Waals surface area contributed by atoms with Gasteiger partial charge in [-0.2, -0.15) is 0 Å². The van der Waals surface area contributed by atoms with Crippen LogP contribution in [0.25, 0.3) is 0 Å². The lowest BCUT2D eigenvalue weighted by atomic mass is 10.0. The van der Waals surface area contributed by atoms with Crippen molar-refractivity contribution in [2.75, 3.05) is 13.2 Å². The predicted molar refractivity (Wildman–Crippen MR) is 344 cm³/mol. The molecular formula is C73H138O6. The van der Waals surface area contributed by atoms with E-state index in [0.717, 1.165) is 57.8 Å². The van der Waals surface area contributed by atoms with E-state index in [1.807, 2.05) is 0 Å². The van der Waals surface area contributed by atoms with E-state index in [1.165, 1.54) is 308 Å². The van der Waals surface area contributed by atoms with E-state index < -0.39 is 6.10 Å². The first-order valence-electron chi connectivity index (χ1n) is 35.8. The summed E-state index contributed by atoms with van der Waals surface area (Å²) in [7, 11) is 0. The Hall–Kier alpha value is -2.11. The number of unbranched alkanes of at least 4 members (excludes halogenated alkanes) is 52. The number of ether oxygens (including phenoxy) is 3. The first-order valence-corrected chi connectivity index (χ1v) is 35.8. The van der Waals surface area contributed by atoms with Gasteiger partial charge in [-0.3, -0.25) is 14.4 Å². The minimum absolute atomic E-state index is 0.0673. The van der Waals surface area contributed by atoms with E-state index in [0.29, 0.717) is 19.3 Å². The number of hydrogen-bond acceptors (Lipinski definition) is 6. The summed E-state index contributed by atoms with van der Waals surface area (Å²) in [5.74, 6) is -0.839. The highest BCUT2D eigenvalue weighted by molar-refractivity contribution is 5.71. The summed E-state index contributed by atoms with van der Waals surface area (Å²) >= 11 is 0. The van der Waals surface area contributed by atoms with Gasteiger partial charge in [0, 0.05) is 19.3 Å². The number of allylic oxidation sites excluding steroid dienone is 4. The lowest BCUT2D eigenvalue weighted by Crippen LogP contribution is -2.30. The van der Waals surface area contributed by atoms with Crippen molar-refractivity contribution in [3.05, 3.63) is 24.3 Å². The number of carbonyl (C=O) groups excluding carboxylic acids is 3. The Kier molecular flexibility index (Phi) is 66.6. The summed E-state index contributed by atoms with van der Waals surface area (Å²) < 4.78 is 17.0. The normalized spacial score (nSPS) is 12.1. The van der Waals surface area contributed by atoms with Gasteiger partial charge in [-0.25, -0.2) is 0 Å². The predicted octanol–water partition coefficient (Wildman–Crippen LogP) is 24.6. The molecule has 1 atom stereocenters. The minimum Gasteiger partial charge on any atom is -0.462 e. The Bertz CT molecular complexity index is 1270. The molecular weight excluding hydrogens is 973 g/mol. The summed E-state index contributed by atoms with van der Waals surface area (Å²) in [6.45, 7) is 6.72. The number of esters is 3. The van der Waals surface area contributed by atoms with Gasteiger partial charge in [-0.15, -0.1) is 0 Å². The van der Waals surface area contributed by atoms with Crippen LogP contribution in [0.1, 0.15) is 406 Å². The molecule has 0 aliphatic rings. The first kappa shape index (κ1) is 76.9. The average molecular weight is 1110 g/mol. The van der Waals surface area contributed by atoms with Crippen LogP contribution in [0.15, 0.2) is 24.3 Å². The zero-order valence-corrected chi connectivity index (χ0v) is 53.7. The summed E-state index contributed by atoms with van der Waals surface area (Å²) in [5.41, 5.74) is 0. The Balaban J connectivity index is 4.29. The van der Waals surface area contributed by atoms with Crippen LogP contribution in [-0.2, 0) is 28.6 Å². The fourth-order valence-electron chi connectivity index (χ4n) is 11.0. The Morgan fingerprint density at radius 1 is 0.241 bits per heavy atom. The van der Waals surface area contributed by atoms with E-state index in [9.17, 15) is 14.4 Å². The van der Waals surface area contributed by atoms with Crippen LogP contribution in [0.4, 0.5) is 0 Å². The van der Waals surface area contributed by atoms with E-state index in [1.54, 1.807) is 0 Å². The molecule has 0 rings (SSSR count). The molecule has 0 saturated heterocycles. The molecule has 0 aliphatic carbocycles. The lowest BCUT2D eigenvalue weighted by molar-refractivity contribution is -0.167. The minimum atomic E-state index is -0.771. The molecule has 0 spiro atoms. The van der Waals surface area contributed by atoms with E-state index >= 15 is 0 Å². The fraction of sp³-hybridized carbons (Fsp3) is 0.904. The van der Waals surface area contributed by atoms with Gasteiger partial charge < -0.3 is 14.2 Å². The van der Waals surface area contributed by atoms with Crippen molar-refractivity contribution in [1.29, 1.82) is 0 Å². The van der Waals surface area contributed by atoms with Gasteiger partial charge >= 0.3 is 17.9 Å². The highest BCUT2D eigenvalue weighted by atomic mass is 16.6. The van der Waals surface area contributed by atoms with Crippen molar-refractivity contribution in [1.82, 2.24) is 0 Å². The van der Waals surface area contributed by atoms with Gasteiger partial charge in [0.15, 0.2) is 6.10 Å². The monoisotopic (exact) mass is 1110 g/mol. The van der Waals surface area contributed by atoms with Crippen molar-refractivity contribution >= 4 is 17.9 Å². The lowest BCUT2D eigenvalue weighted by Gasteiger charge is -2.18. The molecule has 0 aliphatic heterocycles. The SMILES string of the molecule is CCCCCCCC/C=C\CCCCCCCCCC(=O)OCC(COC(=O)CCCCCCCCCCCCC/C=C\CCCCCCCCCC)OC(=O)CCCCCCCCCCCCCCCCCCCCCCC. The summed E-state index contributed by atoms with van der Waals surface area (Å²) in [5, 5.41) is 0. The van der Waals surface area contributed by atoms with E-state index in [2.05, 4.69) is 45.1 Å². The Morgan fingerprint density at radius 3 is 0.633 bits per heavy atom. The van der Waals surface area contributed by atoms with E-state index in [4.69, 9.17) is 14.2 Å². The van der Waals surface area contributed by atoms with Crippen LogP contribution in [0, 0.1) is 0 Å². The van der Waals surface area contributed by atoms with Crippen molar-refractivity contribution in [3.8, 4) is 0 Å². The molecule has 0 bridgehead atoms. The van der Waals surface area contributed by atoms with Gasteiger partial charge in [0.2, 0.25) is 0 Å². The second-order valence-electron chi connectivity index (χ2n) is 24.5. The molecule has 0 fully saturated rings. The number of carbonyl (C=O) groups is 3. The molecule has 466 valence electrons. The summed E-state index contributed by atoms with van der Waals surface area (Å²) in [4.78, 5) is 38.5. The third kappa shape index (κ3) is 66.6. The third-order valence-corrected chi connectivity index (χ3v) is 16.4. The van der Waals surface area contributed by atoms with Crippen molar-refractivity contribution in [2.24, 2.45) is 0 Å². The molecule has 0 radical (unpaired) electrons. The molecule has 0 saturated carbocycles. The zero-order chi connectivity index (χ0) is 57.1. The number of rotatable bonds is 67. The molecule has 1 unspecified atom stereocenters. The molecule has 0 amide bonds. The topological polar surface area (TPSA) is 78.9 Å². The molecule has 0 aromatic rings. The highest BCUT2D eigenvalue weighted by Crippen LogP contribution is 2.19. The Morgan fingerprint density at radius 2 is 0.418 bits per heavy atom. The van der Waals surface area contributed by atoms with Crippen LogP contribution >= 0.6 is 0 Å². The second-order valence-corrected chi connectivity index (χ2v) is 24.5. The maximum Gasteiger partial charge on any atom is 0.306 e. The molecule has 0 aromatic heterocycles. The maximum atomic E-state index is 13.0. The number of hydrogen-bond donors (Lipinski definition) is 0. The first-order chi connectivity index (χ1) is 39.0. The quantitative estimate of drug-likeness (QED) is 0.0261. The highest BCUT2D eigenvalue weighted by Gasteiger charge is 2.19. The van der Waals surface area contributed by atoms with Gasteiger partial charge in [-0.1, -0.05) is 340 Å². The average Bonchev–Trinajstić information content (AvgIpc) is 3.45. The smallest absolute Gasteiger partial charge is 0.306 e. The van der Waals surface area contributed by atoms with Crippen LogP contribution in [0.5, 0.6) is 0 Å². The molecule has 0 N–H and O–H groups in total. The summed E-state index contributed by atoms with van der Waals surface area (Å²) in [6, 6.07) is 0. The molecule has 79 heavy (non-hydrogen) atoms. The van der Waals surface area contributed by atoms with Crippen LogP contribution in [0.2, 0.25) is 0 Å². The molecule has 6 nitrogen and oxygen atoms in total. The van der Waals surface area contributed by atoms with E-state index in [-0.39, 0.29) is 31.1 Å². The standard InChI is InChI=1S/C73H138O6/c1-4-7-10-13-16-19-22-25-28-31-33-35-36-38-39-42-45-48-51-54-57-60-63-66-72(75)78-69-70(68-77-71(74)65-62-59-56-53-50-47-44-41-30-27-24-21-18-15-12-9-6-3)79-73(76)67-64-61-58-55-52-49-46-43-40-37-34-32-29-26-23-20-17-14-11-8-5-2/h27,30-31,33,70H,4-26,28-29,32,34-69H2,1-3H3/b30-27-,33-31-. The largest absolute Gasteiger partial charge is 0.462 e. The van der Waals surface area contributed by atoms with Crippen LogP contribution in [0.3, 0.4) is 0 Å². The molecule has 0 aromatic carbocycles. The maximum absolute atomic E-state index is 13.0. The van der Waals surface area contributed by atoms with Crippen molar-refractivity contribution < 1.29 is 28.6 Å². The van der Waals surface area contributed by atoms with Crippen molar-refractivity contribution in [2.45, 2.75) is 412 Å². The van der Waals surface area contributed by atoms with Gasteiger partial charge in [0.05, 0.1) is 0 Å². The fourth-order valence-corrected chi connectivity index (χ4v) is 11.0. The molecule has 0 heterocycles. The molecule has 6 heteroatoms. The van der Waals surface area contributed by atoms with Crippen LogP contribution in [-0.4, -0.2) is 37.2 Å². The third-order valence-electron chi connectivity index (χ3n) is 16.4. The second kappa shape index (κ2) is 68.4. The Labute approximate surface area is 493 Å².